The Morgan fingerprint density at radius 3 is 2.73 bits per heavy atom. The molecule has 1 aliphatic heterocycles. The molecule has 1 heterocycles. The molecule has 0 saturated carbocycles. The zero-order valence-electron chi connectivity index (χ0n) is 18.4. The molecule has 2 rings (SSSR count). The van der Waals surface area contributed by atoms with Crippen LogP contribution in [0, 0.1) is 0 Å². The normalized spacial score (nSPS) is 16.5. The Bertz CT molecular complexity index is 643. The number of likely N-dealkylation sites (N-methyl/N-ethyl adjacent to an activating group) is 1. The molecule has 8 heteroatoms. The van der Waals surface area contributed by atoms with E-state index in [4.69, 9.17) is 14.2 Å². The lowest BCUT2D eigenvalue weighted by molar-refractivity contribution is -0.119. The summed E-state index contributed by atoms with van der Waals surface area (Å²) in [5.41, 5.74) is 0.864. The van der Waals surface area contributed by atoms with Crippen molar-refractivity contribution in [3.05, 3.63) is 24.3 Å². The van der Waals surface area contributed by atoms with E-state index in [0.717, 1.165) is 37.3 Å². The fourth-order valence-corrected chi connectivity index (χ4v) is 2.94. The molecule has 1 aliphatic rings. The first-order chi connectivity index (χ1) is 14.6. The molecule has 1 aromatic carbocycles. The van der Waals surface area contributed by atoms with Crippen molar-refractivity contribution < 1.29 is 19.0 Å². The molecule has 1 aromatic rings. The van der Waals surface area contributed by atoms with E-state index in [2.05, 4.69) is 20.9 Å². The van der Waals surface area contributed by atoms with Gasteiger partial charge in [-0.05, 0) is 64.3 Å². The Hall–Kier alpha value is -2.32. The van der Waals surface area contributed by atoms with Crippen LogP contribution in [0.4, 0.5) is 5.69 Å². The van der Waals surface area contributed by atoms with Crippen LogP contribution >= 0.6 is 0 Å². The van der Waals surface area contributed by atoms with E-state index in [1.165, 1.54) is 0 Å². The molecule has 0 bridgehead atoms. The first-order valence-electron chi connectivity index (χ1n) is 10.8. The van der Waals surface area contributed by atoms with Gasteiger partial charge in [-0.1, -0.05) is 0 Å². The summed E-state index contributed by atoms with van der Waals surface area (Å²) >= 11 is 0. The van der Waals surface area contributed by atoms with E-state index < -0.39 is 0 Å². The summed E-state index contributed by atoms with van der Waals surface area (Å²) in [4.78, 5) is 16.1. The highest BCUT2D eigenvalue weighted by Gasteiger charge is 2.14. The van der Waals surface area contributed by atoms with Crippen LogP contribution in [-0.4, -0.2) is 63.5 Å². The lowest BCUT2D eigenvalue weighted by atomic mass is 10.2. The minimum atomic E-state index is -0.112. The van der Waals surface area contributed by atoms with Crippen LogP contribution in [-0.2, 0) is 14.3 Å². The molecule has 0 spiro atoms. The number of rotatable bonds is 12. The molecule has 8 nitrogen and oxygen atoms in total. The van der Waals surface area contributed by atoms with Crippen molar-refractivity contribution >= 4 is 17.6 Å². The van der Waals surface area contributed by atoms with Gasteiger partial charge in [-0.25, -0.2) is 4.99 Å². The summed E-state index contributed by atoms with van der Waals surface area (Å²) < 4.78 is 16.9. The minimum Gasteiger partial charge on any atom is -0.491 e. The van der Waals surface area contributed by atoms with Gasteiger partial charge in [0.25, 0.3) is 0 Å². The number of nitrogens with zero attached hydrogens (tertiary/aromatic N) is 1. The molecule has 1 saturated heterocycles. The number of hydrogen-bond acceptors (Lipinski definition) is 5. The third-order valence-electron chi connectivity index (χ3n) is 4.33. The Balaban J connectivity index is 1.80. The number of amides is 1. The highest BCUT2D eigenvalue weighted by Crippen LogP contribution is 2.17. The van der Waals surface area contributed by atoms with Crippen molar-refractivity contribution in [2.24, 2.45) is 4.99 Å². The highest BCUT2D eigenvalue weighted by molar-refractivity contribution is 5.95. The van der Waals surface area contributed by atoms with Crippen molar-refractivity contribution in [2.45, 2.75) is 52.2 Å². The van der Waals surface area contributed by atoms with Crippen LogP contribution in [0.1, 0.15) is 40.0 Å². The lowest BCUT2D eigenvalue weighted by Crippen LogP contribution is -2.34. The molecule has 1 atom stereocenters. The molecule has 1 unspecified atom stereocenters. The van der Waals surface area contributed by atoms with Gasteiger partial charge in [0.1, 0.15) is 12.3 Å². The standard InChI is InChI=1S/C22H36N4O4/c1-4-23-21(27)15-25-22(24-12-6-13-28-16-20-7-5-14-29-20)26-18-8-10-19(11-9-18)30-17(2)3/h8-11,17,20H,4-7,12-16H2,1-3H3,(H,23,27)(H2,24,25,26). The molecular weight excluding hydrogens is 384 g/mol. The van der Waals surface area contributed by atoms with Crippen LogP contribution in [0.15, 0.2) is 29.3 Å². The molecule has 30 heavy (non-hydrogen) atoms. The summed E-state index contributed by atoms with van der Waals surface area (Å²) in [6, 6.07) is 7.66. The topological polar surface area (TPSA) is 93.2 Å². The van der Waals surface area contributed by atoms with Gasteiger partial charge in [0.2, 0.25) is 5.91 Å². The average molecular weight is 421 g/mol. The monoisotopic (exact) mass is 420 g/mol. The molecule has 0 aromatic heterocycles. The number of guanidine groups is 1. The van der Waals surface area contributed by atoms with Gasteiger partial charge in [-0.15, -0.1) is 0 Å². The van der Waals surface area contributed by atoms with Crippen molar-refractivity contribution in [1.29, 1.82) is 0 Å². The predicted molar refractivity (Wildman–Crippen MR) is 119 cm³/mol. The Morgan fingerprint density at radius 1 is 1.27 bits per heavy atom. The Morgan fingerprint density at radius 2 is 2.07 bits per heavy atom. The van der Waals surface area contributed by atoms with Crippen LogP contribution in [0.25, 0.3) is 0 Å². The van der Waals surface area contributed by atoms with Crippen LogP contribution in [0.5, 0.6) is 5.75 Å². The van der Waals surface area contributed by atoms with Gasteiger partial charge in [0.15, 0.2) is 5.96 Å². The lowest BCUT2D eigenvalue weighted by Gasteiger charge is -2.14. The summed E-state index contributed by atoms with van der Waals surface area (Å²) in [5.74, 6) is 1.25. The van der Waals surface area contributed by atoms with Crippen LogP contribution in [0.3, 0.4) is 0 Å². The number of carbonyl (C=O) groups excluding carboxylic acids is 1. The smallest absolute Gasteiger partial charge is 0.241 e. The predicted octanol–water partition coefficient (Wildman–Crippen LogP) is 2.55. The van der Waals surface area contributed by atoms with Gasteiger partial charge < -0.3 is 30.2 Å². The largest absolute Gasteiger partial charge is 0.491 e. The van der Waals surface area contributed by atoms with Crippen LogP contribution in [0.2, 0.25) is 0 Å². The number of aliphatic imine (C=N–C) groups is 1. The molecule has 1 fully saturated rings. The number of nitrogens with one attached hydrogen (secondary N) is 3. The third kappa shape index (κ3) is 9.93. The summed E-state index contributed by atoms with van der Waals surface area (Å²) in [6.07, 6.45) is 3.41. The molecule has 0 aliphatic carbocycles. The maximum atomic E-state index is 11.8. The fourth-order valence-electron chi connectivity index (χ4n) is 2.94. The first-order valence-corrected chi connectivity index (χ1v) is 10.8. The van der Waals surface area contributed by atoms with Crippen molar-refractivity contribution in [1.82, 2.24) is 10.6 Å². The van der Waals surface area contributed by atoms with Crippen molar-refractivity contribution in [2.75, 3.05) is 44.8 Å². The Labute approximate surface area is 179 Å². The maximum absolute atomic E-state index is 11.8. The summed E-state index contributed by atoms with van der Waals surface area (Å²) in [7, 11) is 0. The second-order valence-corrected chi connectivity index (χ2v) is 7.42. The second-order valence-electron chi connectivity index (χ2n) is 7.42. The summed E-state index contributed by atoms with van der Waals surface area (Å²) in [6.45, 7) is 9.35. The van der Waals surface area contributed by atoms with E-state index in [9.17, 15) is 4.79 Å². The van der Waals surface area contributed by atoms with E-state index in [-0.39, 0.29) is 24.7 Å². The SMILES string of the molecule is CCNC(=O)CN=C(NCCCOCC1CCCO1)Nc1ccc(OC(C)C)cc1. The number of anilines is 1. The van der Waals surface area contributed by atoms with E-state index in [1.807, 2.05) is 45.0 Å². The zero-order chi connectivity index (χ0) is 21.6. The highest BCUT2D eigenvalue weighted by atomic mass is 16.5. The summed E-state index contributed by atoms with van der Waals surface area (Å²) in [5, 5.41) is 9.24. The quantitative estimate of drug-likeness (QED) is 0.273. The second kappa shape index (κ2) is 13.8. The van der Waals surface area contributed by atoms with E-state index in [1.54, 1.807) is 0 Å². The van der Waals surface area contributed by atoms with E-state index >= 15 is 0 Å². The van der Waals surface area contributed by atoms with Crippen molar-refractivity contribution in [3.8, 4) is 5.75 Å². The Kier molecular flexibility index (Phi) is 11.0. The van der Waals surface area contributed by atoms with Crippen LogP contribution < -0.4 is 20.7 Å². The van der Waals surface area contributed by atoms with Crippen molar-refractivity contribution in [3.63, 3.8) is 0 Å². The molecule has 3 N–H and O–H groups in total. The number of ether oxygens (including phenoxy) is 3. The molecule has 1 amide bonds. The molecule has 168 valence electrons. The van der Waals surface area contributed by atoms with Gasteiger partial charge >= 0.3 is 0 Å². The zero-order valence-corrected chi connectivity index (χ0v) is 18.4. The maximum Gasteiger partial charge on any atom is 0.241 e. The van der Waals surface area contributed by atoms with Gasteiger partial charge in [0.05, 0.1) is 18.8 Å². The van der Waals surface area contributed by atoms with Gasteiger partial charge in [-0.2, -0.15) is 0 Å². The molecular formula is C22H36N4O4. The number of benzene rings is 1. The van der Waals surface area contributed by atoms with Gasteiger partial charge in [0, 0.05) is 32.0 Å². The fraction of sp³-hybridized carbons (Fsp3) is 0.636. The molecule has 0 radical (unpaired) electrons. The van der Waals surface area contributed by atoms with Gasteiger partial charge in [-0.3, -0.25) is 4.79 Å². The number of hydrogen-bond donors (Lipinski definition) is 3. The average Bonchev–Trinajstić information content (AvgIpc) is 3.23. The minimum absolute atomic E-state index is 0.0627. The van der Waals surface area contributed by atoms with E-state index in [0.29, 0.717) is 32.3 Å². The number of carbonyl (C=O) groups is 1. The first kappa shape index (κ1) is 24.0. The third-order valence-corrected chi connectivity index (χ3v) is 4.33.